The molecule has 0 atom stereocenters. The van der Waals surface area contributed by atoms with Crippen LogP contribution in [-0.4, -0.2) is 50.1 Å². The van der Waals surface area contributed by atoms with Crippen LogP contribution in [0.4, 0.5) is 0 Å². The highest BCUT2D eigenvalue weighted by atomic mass is 16.5. The molecule has 0 spiro atoms. The van der Waals surface area contributed by atoms with E-state index in [0.29, 0.717) is 0 Å². The second-order valence-electron chi connectivity index (χ2n) is 4.94. The number of ketones is 1. The largest absolute Gasteiger partial charge is 0.387 e. The minimum Gasteiger partial charge on any atom is -0.387 e. The maximum atomic E-state index is 12.0. The van der Waals surface area contributed by atoms with Crippen molar-refractivity contribution in [2.45, 2.75) is 6.92 Å². The summed E-state index contributed by atoms with van der Waals surface area (Å²) in [6.07, 6.45) is 1.66. The molecule has 108 valence electrons. The molecule has 0 radical (unpaired) electrons. The number of hydrogen-bond acceptors (Lipinski definition) is 4. The first-order chi connectivity index (χ1) is 9.75. The van der Waals surface area contributed by atoms with E-state index in [1.807, 2.05) is 37.3 Å². The standard InChI is InChI=1S/C16H22N2O2/c1-14(13-16(19)15-5-3-2-4-6-15)17-7-8-18-9-11-20-12-10-18/h2-6,13,17H,7-12H2,1H3/b14-13-. The van der Waals surface area contributed by atoms with Gasteiger partial charge >= 0.3 is 0 Å². The Morgan fingerprint density at radius 2 is 2.00 bits per heavy atom. The third-order valence-corrected chi connectivity index (χ3v) is 3.34. The van der Waals surface area contributed by atoms with Gasteiger partial charge in [-0.05, 0) is 6.92 Å². The molecular formula is C16H22N2O2. The summed E-state index contributed by atoms with van der Waals surface area (Å²) in [7, 11) is 0. The van der Waals surface area contributed by atoms with Crippen molar-refractivity contribution in [1.29, 1.82) is 0 Å². The molecule has 4 nitrogen and oxygen atoms in total. The van der Waals surface area contributed by atoms with Gasteiger partial charge in [-0.3, -0.25) is 9.69 Å². The Labute approximate surface area is 120 Å². The number of ether oxygens (including phenoxy) is 1. The fraction of sp³-hybridized carbons (Fsp3) is 0.438. The van der Waals surface area contributed by atoms with E-state index >= 15 is 0 Å². The van der Waals surface area contributed by atoms with Gasteiger partial charge in [0.2, 0.25) is 0 Å². The maximum absolute atomic E-state index is 12.0. The quantitative estimate of drug-likeness (QED) is 0.633. The van der Waals surface area contributed by atoms with Gasteiger partial charge in [-0.2, -0.15) is 0 Å². The van der Waals surface area contributed by atoms with Gasteiger partial charge in [0.05, 0.1) is 13.2 Å². The van der Waals surface area contributed by atoms with Crippen LogP contribution in [0.1, 0.15) is 17.3 Å². The minimum absolute atomic E-state index is 0.0435. The van der Waals surface area contributed by atoms with E-state index in [1.54, 1.807) is 6.08 Å². The molecule has 1 N–H and O–H groups in total. The van der Waals surface area contributed by atoms with Crippen LogP contribution >= 0.6 is 0 Å². The lowest BCUT2D eigenvalue weighted by Gasteiger charge is -2.26. The van der Waals surface area contributed by atoms with Gasteiger partial charge in [0, 0.05) is 43.5 Å². The van der Waals surface area contributed by atoms with E-state index in [2.05, 4.69) is 10.2 Å². The van der Waals surface area contributed by atoms with Crippen LogP contribution in [0.15, 0.2) is 42.1 Å². The van der Waals surface area contributed by atoms with E-state index in [-0.39, 0.29) is 5.78 Å². The Kier molecular flexibility index (Phi) is 5.77. The summed E-state index contributed by atoms with van der Waals surface area (Å²) in [6, 6.07) is 9.33. The number of carbonyl (C=O) groups is 1. The molecule has 0 bridgehead atoms. The number of nitrogens with one attached hydrogen (secondary N) is 1. The van der Waals surface area contributed by atoms with Gasteiger partial charge in [0.25, 0.3) is 0 Å². The van der Waals surface area contributed by atoms with Gasteiger partial charge in [0.15, 0.2) is 5.78 Å². The van der Waals surface area contributed by atoms with Crippen LogP contribution in [0.3, 0.4) is 0 Å². The maximum Gasteiger partial charge on any atom is 0.187 e. The highest BCUT2D eigenvalue weighted by Crippen LogP contribution is 2.02. The lowest BCUT2D eigenvalue weighted by Crippen LogP contribution is -2.40. The molecule has 1 fully saturated rings. The van der Waals surface area contributed by atoms with Crippen molar-refractivity contribution >= 4 is 5.78 Å². The Morgan fingerprint density at radius 3 is 2.70 bits per heavy atom. The highest BCUT2D eigenvalue weighted by Gasteiger charge is 2.09. The average molecular weight is 274 g/mol. The first kappa shape index (κ1) is 14.8. The molecule has 2 rings (SSSR count). The fourth-order valence-electron chi connectivity index (χ4n) is 2.17. The summed E-state index contributed by atoms with van der Waals surface area (Å²) in [6.45, 7) is 7.39. The highest BCUT2D eigenvalue weighted by molar-refractivity contribution is 6.04. The second kappa shape index (κ2) is 7.82. The van der Waals surface area contributed by atoms with Gasteiger partial charge in [-0.1, -0.05) is 30.3 Å². The van der Waals surface area contributed by atoms with Crippen molar-refractivity contribution in [2.24, 2.45) is 0 Å². The van der Waals surface area contributed by atoms with Crippen LogP contribution in [0.2, 0.25) is 0 Å². The van der Waals surface area contributed by atoms with E-state index in [1.165, 1.54) is 0 Å². The number of carbonyl (C=O) groups excluding carboxylic acids is 1. The summed E-state index contributed by atoms with van der Waals surface area (Å²) >= 11 is 0. The van der Waals surface area contributed by atoms with Crippen molar-refractivity contribution in [3.05, 3.63) is 47.7 Å². The Balaban J connectivity index is 1.74. The third-order valence-electron chi connectivity index (χ3n) is 3.34. The Hall–Kier alpha value is -1.65. The third kappa shape index (κ3) is 4.79. The first-order valence-electron chi connectivity index (χ1n) is 7.07. The topological polar surface area (TPSA) is 41.6 Å². The number of nitrogens with zero attached hydrogens (tertiary/aromatic N) is 1. The van der Waals surface area contributed by atoms with E-state index in [4.69, 9.17) is 4.74 Å². The summed E-state index contributed by atoms with van der Waals surface area (Å²) in [5, 5.41) is 3.29. The number of benzene rings is 1. The molecule has 1 aliphatic rings. The normalized spacial score (nSPS) is 16.9. The van der Waals surface area contributed by atoms with Gasteiger partial charge in [-0.25, -0.2) is 0 Å². The van der Waals surface area contributed by atoms with E-state index in [9.17, 15) is 4.79 Å². The molecule has 1 aliphatic heterocycles. The average Bonchev–Trinajstić information content (AvgIpc) is 2.49. The molecule has 0 unspecified atom stereocenters. The molecule has 1 aromatic rings. The number of morpholine rings is 1. The summed E-state index contributed by atoms with van der Waals surface area (Å²) in [5.74, 6) is 0.0435. The summed E-state index contributed by atoms with van der Waals surface area (Å²) < 4.78 is 5.31. The van der Waals surface area contributed by atoms with Crippen LogP contribution in [0.25, 0.3) is 0 Å². The molecule has 20 heavy (non-hydrogen) atoms. The van der Waals surface area contributed by atoms with Crippen molar-refractivity contribution in [3.8, 4) is 0 Å². The van der Waals surface area contributed by atoms with Crippen molar-refractivity contribution in [2.75, 3.05) is 39.4 Å². The monoisotopic (exact) mass is 274 g/mol. The van der Waals surface area contributed by atoms with Crippen molar-refractivity contribution in [3.63, 3.8) is 0 Å². The van der Waals surface area contributed by atoms with Crippen LogP contribution < -0.4 is 5.32 Å². The molecule has 0 saturated carbocycles. The smallest absolute Gasteiger partial charge is 0.187 e. The predicted octanol–water partition coefficient (Wildman–Crippen LogP) is 1.69. The molecule has 1 saturated heterocycles. The fourth-order valence-corrected chi connectivity index (χ4v) is 2.17. The SMILES string of the molecule is C/C(=C/C(=O)c1ccccc1)NCCN1CCOCC1. The molecule has 0 aliphatic carbocycles. The molecular weight excluding hydrogens is 252 g/mol. The number of rotatable bonds is 6. The summed E-state index contributed by atoms with van der Waals surface area (Å²) in [5.41, 5.74) is 1.63. The van der Waals surface area contributed by atoms with Crippen LogP contribution in [0, 0.1) is 0 Å². The minimum atomic E-state index is 0.0435. The first-order valence-corrected chi connectivity index (χ1v) is 7.07. The zero-order chi connectivity index (χ0) is 14.2. The zero-order valence-corrected chi connectivity index (χ0v) is 12.0. The second-order valence-corrected chi connectivity index (χ2v) is 4.94. The number of hydrogen-bond donors (Lipinski definition) is 1. The lowest BCUT2D eigenvalue weighted by molar-refractivity contribution is 0.0387. The summed E-state index contributed by atoms with van der Waals surface area (Å²) in [4.78, 5) is 14.3. The van der Waals surface area contributed by atoms with E-state index in [0.717, 1.165) is 50.7 Å². The Morgan fingerprint density at radius 1 is 1.30 bits per heavy atom. The predicted molar refractivity (Wildman–Crippen MR) is 79.8 cm³/mol. The lowest BCUT2D eigenvalue weighted by atomic mass is 10.1. The van der Waals surface area contributed by atoms with Gasteiger partial charge in [0.1, 0.15) is 0 Å². The van der Waals surface area contributed by atoms with Gasteiger partial charge in [-0.15, -0.1) is 0 Å². The molecule has 1 heterocycles. The zero-order valence-electron chi connectivity index (χ0n) is 12.0. The number of allylic oxidation sites excluding steroid dienone is 2. The van der Waals surface area contributed by atoms with Crippen molar-refractivity contribution in [1.82, 2.24) is 10.2 Å². The molecule has 4 heteroatoms. The van der Waals surface area contributed by atoms with E-state index < -0.39 is 0 Å². The molecule has 1 aromatic carbocycles. The van der Waals surface area contributed by atoms with Gasteiger partial charge < -0.3 is 10.1 Å². The molecule has 0 amide bonds. The Bertz CT molecular complexity index is 451. The van der Waals surface area contributed by atoms with Crippen LogP contribution in [0.5, 0.6) is 0 Å². The van der Waals surface area contributed by atoms with Crippen LogP contribution in [-0.2, 0) is 4.74 Å². The van der Waals surface area contributed by atoms with Crippen molar-refractivity contribution < 1.29 is 9.53 Å². The molecule has 0 aromatic heterocycles.